The van der Waals surface area contributed by atoms with Gasteiger partial charge in [-0.3, -0.25) is 4.79 Å². The Morgan fingerprint density at radius 3 is 2.45 bits per heavy atom. The smallest absolute Gasteiger partial charge is 0.242 e. The van der Waals surface area contributed by atoms with Gasteiger partial charge in [0, 0.05) is 23.1 Å². The van der Waals surface area contributed by atoms with Gasteiger partial charge in [-0.1, -0.05) is 17.7 Å². The average molecular weight is 438 g/mol. The van der Waals surface area contributed by atoms with Gasteiger partial charge in [0.15, 0.2) is 14.6 Å². The third kappa shape index (κ3) is 3.51. The van der Waals surface area contributed by atoms with Crippen LogP contribution in [0, 0.1) is 5.82 Å². The van der Waals surface area contributed by atoms with Gasteiger partial charge < -0.3 is 10.1 Å². The van der Waals surface area contributed by atoms with Gasteiger partial charge in [-0.2, -0.15) is 0 Å². The van der Waals surface area contributed by atoms with E-state index < -0.39 is 38.0 Å². The van der Waals surface area contributed by atoms with Crippen LogP contribution >= 0.6 is 11.6 Å². The number of amides is 1. The van der Waals surface area contributed by atoms with Crippen LogP contribution in [0.1, 0.15) is 44.7 Å². The number of rotatable bonds is 4. The topological polar surface area (TPSA) is 72.5 Å². The molecule has 1 unspecified atom stereocenters. The highest BCUT2D eigenvalue weighted by atomic mass is 35.5. The van der Waals surface area contributed by atoms with E-state index in [1.807, 2.05) is 13.8 Å². The van der Waals surface area contributed by atoms with Crippen LogP contribution in [0.2, 0.25) is 5.02 Å². The van der Waals surface area contributed by atoms with Gasteiger partial charge in [0.1, 0.15) is 17.2 Å². The van der Waals surface area contributed by atoms with Gasteiger partial charge in [0.05, 0.1) is 10.9 Å². The van der Waals surface area contributed by atoms with Gasteiger partial charge in [-0.15, -0.1) is 0 Å². The number of hydrogen-bond donors (Lipinski definition) is 1. The summed E-state index contributed by atoms with van der Waals surface area (Å²) in [6, 6.07) is 9.51. The third-order valence-electron chi connectivity index (χ3n) is 5.49. The maximum Gasteiger partial charge on any atom is 0.242 e. The SMILES string of the molecule is CC1(C)CC(NC(=O)C2(S(=O)(=O)c3ccc(Cl)cc3)CC2)c2ccc(F)cc2O1. The standard InChI is InChI=1S/C21H21ClFNO4S/c1-20(2)12-17(16-8-5-14(23)11-18(16)28-20)24-19(25)21(9-10-21)29(26,27)15-6-3-13(22)4-7-15/h3-8,11,17H,9-10,12H2,1-2H3,(H,24,25). The van der Waals surface area contributed by atoms with Crippen molar-refractivity contribution in [2.45, 2.75) is 54.4 Å². The molecule has 2 aliphatic rings. The Hall–Kier alpha value is -2.12. The molecule has 1 heterocycles. The molecule has 1 aliphatic carbocycles. The molecule has 1 atom stereocenters. The van der Waals surface area contributed by atoms with Crippen LogP contribution in [0.5, 0.6) is 5.75 Å². The van der Waals surface area contributed by atoms with Crippen LogP contribution in [-0.4, -0.2) is 24.7 Å². The van der Waals surface area contributed by atoms with E-state index in [2.05, 4.69) is 5.32 Å². The molecule has 5 nitrogen and oxygen atoms in total. The van der Waals surface area contributed by atoms with Crippen LogP contribution in [0.4, 0.5) is 4.39 Å². The lowest BCUT2D eigenvalue weighted by Crippen LogP contribution is -2.47. The van der Waals surface area contributed by atoms with E-state index in [0.717, 1.165) is 0 Å². The monoisotopic (exact) mass is 437 g/mol. The van der Waals surface area contributed by atoms with E-state index in [-0.39, 0.29) is 17.7 Å². The lowest BCUT2D eigenvalue weighted by molar-refractivity contribution is -0.122. The third-order valence-corrected chi connectivity index (χ3v) is 8.26. The molecule has 1 amide bonds. The summed E-state index contributed by atoms with van der Waals surface area (Å²) < 4.78 is 44.3. The largest absolute Gasteiger partial charge is 0.487 e. The van der Waals surface area contributed by atoms with Crippen LogP contribution in [-0.2, 0) is 14.6 Å². The lowest BCUT2D eigenvalue weighted by atomic mass is 9.89. The number of sulfone groups is 1. The van der Waals surface area contributed by atoms with Gasteiger partial charge >= 0.3 is 0 Å². The molecule has 0 radical (unpaired) electrons. The minimum absolute atomic E-state index is 0.0735. The summed E-state index contributed by atoms with van der Waals surface area (Å²) in [7, 11) is -3.87. The first-order valence-corrected chi connectivity index (χ1v) is 11.2. The first kappa shape index (κ1) is 20.2. The van der Waals surface area contributed by atoms with E-state index in [0.29, 0.717) is 22.8 Å². The minimum atomic E-state index is -3.87. The normalized spacial score (nSPS) is 21.6. The molecule has 0 saturated heterocycles. The van der Waals surface area contributed by atoms with Crippen LogP contribution in [0.25, 0.3) is 0 Å². The number of nitrogens with one attached hydrogen (secondary N) is 1. The molecule has 1 aliphatic heterocycles. The highest BCUT2D eigenvalue weighted by Crippen LogP contribution is 2.48. The van der Waals surface area contributed by atoms with E-state index in [1.54, 1.807) is 6.07 Å². The van der Waals surface area contributed by atoms with E-state index in [4.69, 9.17) is 16.3 Å². The Morgan fingerprint density at radius 1 is 1.17 bits per heavy atom. The summed E-state index contributed by atoms with van der Waals surface area (Å²) in [6.45, 7) is 3.69. The van der Waals surface area contributed by atoms with Crippen molar-refractivity contribution in [1.29, 1.82) is 0 Å². The zero-order valence-corrected chi connectivity index (χ0v) is 17.6. The van der Waals surface area contributed by atoms with Crippen molar-refractivity contribution in [1.82, 2.24) is 5.32 Å². The molecule has 0 aromatic heterocycles. The van der Waals surface area contributed by atoms with Crippen LogP contribution < -0.4 is 10.1 Å². The Bertz CT molecular complexity index is 1080. The number of carbonyl (C=O) groups excluding carboxylic acids is 1. The summed E-state index contributed by atoms with van der Waals surface area (Å²) >= 11 is 5.86. The molecule has 2 aromatic carbocycles. The molecule has 2 aromatic rings. The molecule has 4 rings (SSSR count). The molecule has 154 valence electrons. The highest BCUT2D eigenvalue weighted by molar-refractivity contribution is 7.94. The van der Waals surface area contributed by atoms with Gasteiger partial charge in [-0.05, 0) is 57.0 Å². The van der Waals surface area contributed by atoms with E-state index in [1.165, 1.54) is 36.4 Å². The fourth-order valence-electron chi connectivity index (χ4n) is 3.81. The van der Waals surface area contributed by atoms with Crippen LogP contribution in [0.15, 0.2) is 47.4 Å². The zero-order chi connectivity index (χ0) is 21.0. The second kappa shape index (κ2) is 6.71. The van der Waals surface area contributed by atoms with Gasteiger partial charge in [0.25, 0.3) is 0 Å². The predicted octanol–water partition coefficient (Wildman–Crippen LogP) is 4.20. The molecule has 1 fully saturated rings. The number of hydrogen-bond acceptors (Lipinski definition) is 4. The van der Waals surface area contributed by atoms with Crippen molar-refractivity contribution in [3.05, 3.63) is 58.9 Å². The van der Waals surface area contributed by atoms with Crippen molar-refractivity contribution < 1.29 is 22.3 Å². The van der Waals surface area contributed by atoms with E-state index in [9.17, 15) is 17.6 Å². The van der Waals surface area contributed by atoms with Crippen molar-refractivity contribution >= 4 is 27.3 Å². The second-order valence-electron chi connectivity index (χ2n) is 8.23. The second-order valence-corrected chi connectivity index (χ2v) is 10.9. The molecule has 0 bridgehead atoms. The number of ether oxygens (including phenoxy) is 1. The Balaban J connectivity index is 1.63. The molecule has 8 heteroatoms. The molecule has 1 saturated carbocycles. The molecule has 29 heavy (non-hydrogen) atoms. The Labute approximate surface area is 174 Å². The van der Waals surface area contributed by atoms with Crippen molar-refractivity contribution in [2.24, 2.45) is 0 Å². The fraction of sp³-hybridized carbons (Fsp3) is 0.381. The molecule has 0 spiro atoms. The number of carbonyl (C=O) groups is 1. The molecule has 1 N–H and O–H groups in total. The lowest BCUT2D eigenvalue weighted by Gasteiger charge is -2.38. The number of fused-ring (bicyclic) bond motifs is 1. The first-order valence-electron chi connectivity index (χ1n) is 9.34. The average Bonchev–Trinajstić information content (AvgIpc) is 3.43. The predicted molar refractivity (Wildman–Crippen MR) is 107 cm³/mol. The zero-order valence-electron chi connectivity index (χ0n) is 16.0. The Kier molecular flexibility index (Phi) is 4.66. The molecular weight excluding hydrogens is 417 g/mol. The minimum Gasteiger partial charge on any atom is -0.487 e. The summed E-state index contributed by atoms with van der Waals surface area (Å²) in [4.78, 5) is 13.2. The first-order chi connectivity index (χ1) is 13.5. The summed E-state index contributed by atoms with van der Waals surface area (Å²) in [6.07, 6.45) is 0.952. The van der Waals surface area contributed by atoms with Gasteiger partial charge in [0.2, 0.25) is 5.91 Å². The highest BCUT2D eigenvalue weighted by Gasteiger charge is 2.61. The summed E-state index contributed by atoms with van der Waals surface area (Å²) in [5.41, 5.74) is 0.00333. The van der Waals surface area contributed by atoms with Gasteiger partial charge in [-0.25, -0.2) is 12.8 Å². The Morgan fingerprint density at radius 2 is 1.83 bits per heavy atom. The van der Waals surface area contributed by atoms with Crippen molar-refractivity contribution in [3.8, 4) is 5.75 Å². The molecular formula is C21H21ClFNO4S. The summed E-state index contributed by atoms with van der Waals surface area (Å²) in [5.74, 6) is -0.613. The number of benzene rings is 2. The van der Waals surface area contributed by atoms with Crippen molar-refractivity contribution in [2.75, 3.05) is 0 Å². The van der Waals surface area contributed by atoms with Crippen molar-refractivity contribution in [3.63, 3.8) is 0 Å². The fourth-order valence-corrected chi connectivity index (χ4v) is 5.83. The maximum atomic E-state index is 13.7. The quantitative estimate of drug-likeness (QED) is 0.777. The summed E-state index contributed by atoms with van der Waals surface area (Å²) in [5, 5.41) is 3.32. The van der Waals surface area contributed by atoms with Crippen LogP contribution in [0.3, 0.4) is 0 Å². The maximum absolute atomic E-state index is 13.7. The van der Waals surface area contributed by atoms with E-state index >= 15 is 0 Å². The number of halogens is 2.